The van der Waals surface area contributed by atoms with Crippen LogP contribution in [0.15, 0.2) is 0 Å². The van der Waals surface area contributed by atoms with Crippen molar-refractivity contribution < 1.29 is 14.7 Å². The van der Waals surface area contributed by atoms with Gasteiger partial charge in [0.15, 0.2) is 0 Å². The summed E-state index contributed by atoms with van der Waals surface area (Å²) in [4.78, 5) is 25.5. The van der Waals surface area contributed by atoms with Gasteiger partial charge in [0.25, 0.3) is 0 Å². The van der Waals surface area contributed by atoms with Crippen molar-refractivity contribution in [2.45, 2.75) is 39.8 Å². The minimum absolute atomic E-state index is 0.0122. The molecule has 0 aromatic rings. The molecule has 0 aliphatic heterocycles. The largest absolute Gasteiger partial charge is 0.481 e. The van der Waals surface area contributed by atoms with Crippen LogP contribution >= 0.6 is 0 Å². The Labute approximate surface area is 97.0 Å². The molecule has 0 aromatic heterocycles. The Morgan fingerprint density at radius 3 is 2.19 bits per heavy atom. The van der Waals surface area contributed by atoms with Gasteiger partial charge in [-0.25, -0.2) is 0 Å². The summed E-state index contributed by atoms with van der Waals surface area (Å²) < 4.78 is 0. The number of carboxylic acid groups (broad SMARTS) is 1. The lowest BCUT2D eigenvalue weighted by Gasteiger charge is -2.36. The number of carboxylic acids is 1. The Morgan fingerprint density at radius 1 is 1.31 bits per heavy atom. The molecule has 94 valence electrons. The Morgan fingerprint density at radius 2 is 1.88 bits per heavy atom. The molecule has 0 fully saturated rings. The predicted octanol–water partition coefficient (Wildman–Crippen LogP) is 0.997. The molecule has 16 heavy (non-hydrogen) atoms. The lowest BCUT2D eigenvalue weighted by atomic mass is 10.2. The van der Waals surface area contributed by atoms with Crippen LogP contribution in [-0.2, 0) is 9.59 Å². The van der Waals surface area contributed by atoms with Gasteiger partial charge in [0.05, 0.1) is 12.6 Å². The summed E-state index contributed by atoms with van der Waals surface area (Å²) >= 11 is 0. The summed E-state index contributed by atoms with van der Waals surface area (Å²) in [5, 5.41) is 8.61. The van der Waals surface area contributed by atoms with Gasteiger partial charge >= 0.3 is 5.97 Å². The van der Waals surface area contributed by atoms with E-state index < -0.39 is 5.97 Å². The van der Waals surface area contributed by atoms with Crippen molar-refractivity contribution in [1.82, 2.24) is 9.80 Å². The molecule has 1 N–H and O–H groups in total. The smallest absolute Gasteiger partial charge is 0.304 e. The third kappa shape index (κ3) is 4.61. The number of amides is 1. The second-order valence-electron chi connectivity index (χ2n) is 3.82. The van der Waals surface area contributed by atoms with Gasteiger partial charge in [-0.2, -0.15) is 0 Å². The molecule has 5 nitrogen and oxygen atoms in total. The van der Waals surface area contributed by atoms with Crippen molar-refractivity contribution in [3.8, 4) is 0 Å². The Bertz CT molecular complexity index is 243. The third-order valence-electron chi connectivity index (χ3n) is 2.66. The number of rotatable bonds is 7. The quantitative estimate of drug-likeness (QED) is 0.663. The fraction of sp³-hybridized carbons (Fsp3) is 0.818. The fourth-order valence-corrected chi connectivity index (χ4v) is 1.83. The normalized spacial score (nSPS) is 12.6. The summed E-state index contributed by atoms with van der Waals surface area (Å²) in [6, 6.07) is 0. The van der Waals surface area contributed by atoms with E-state index in [0.29, 0.717) is 13.1 Å². The first-order valence-corrected chi connectivity index (χ1v) is 5.63. The number of hydrogen-bond donors (Lipinski definition) is 1. The van der Waals surface area contributed by atoms with Crippen LogP contribution in [0.4, 0.5) is 0 Å². The maximum atomic E-state index is 11.4. The van der Waals surface area contributed by atoms with E-state index >= 15 is 0 Å². The van der Waals surface area contributed by atoms with Gasteiger partial charge in [-0.05, 0) is 20.4 Å². The van der Waals surface area contributed by atoms with Crippen LogP contribution in [0.2, 0.25) is 0 Å². The zero-order chi connectivity index (χ0) is 12.7. The van der Waals surface area contributed by atoms with Crippen LogP contribution in [0.3, 0.4) is 0 Å². The number of carbonyl (C=O) groups excluding carboxylic acids is 1. The van der Waals surface area contributed by atoms with Gasteiger partial charge in [0, 0.05) is 20.0 Å². The summed E-state index contributed by atoms with van der Waals surface area (Å²) in [6.07, 6.45) is 0.883. The van der Waals surface area contributed by atoms with Crippen LogP contribution in [0.5, 0.6) is 0 Å². The summed E-state index contributed by atoms with van der Waals surface area (Å²) in [5.74, 6) is -0.788. The maximum absolute atomic E-state index is 11.4. The molecular weight excluding hydrogens is 208 g/mol. The molecule has 1 amide bonds. The van der Waals surface area contributed by atoms with Crippen molar-refractivity contribution in [3.63, 3.8) is 0 Å². The molecule has 1 atom stereocenters. The second kappa shape index (κ2) is 7.22. The van der Waals surface area contributed by atoms with E-state index in [-0.39, 0.29) is 18.5 Å². The van der Waals surface area contributed by atoms with E-state index in [9.17, 15) is 9.59 Å². The van der Waals surface area contributed by atoms with Gasteiger partial charge in [-0.1, -0.05) is 6.92 Å². The lowest BCUT2D eigenvalue weighted by Crippen LogP contribution is -2.48. The zero-order valence-corrected chi connectivity index (χ0v) is 10.6. The number of nitrogens with zero attached hydrogens (tertiary/aromatic N) is 2. The van der Waals surface area contributed by atoms with Crippen LogP contribution in [0.25, 0.3) is 0 Å². The number of carbonyl (C=O) groups is 2. The molecule has 0 spiro atoms. The monoisotopic (exact) mass is 230 g/mol. The third-order valence-corrected chi connectivity index (χ3v) is 2.66. The van der Waals surface area contributed by atoms with Crippen molar-refractivity contribution in [1.29, 1.82) is 0 Å². The molecule has 0 saturated heterocycles. The van der Waals surface area contributed by atoms with Gasteiger partial charge in [-0.15, -0.1) is 0 Å². The van der Waals surface area contributed by atoms with E-state index in [2.05, 4.69) is 0 Å². The fourth-order valence-electron chi connectivity index (χ4n) is 1.83. The average molecular weight is 230 g/mol. The zero-order valence-electron chi connectivity index (χ0n) is 10.6. The Hall–Kier alpha value is -1.10. The van der Waals surface area contributed by atoms with E-state index in [0.717, 1.165) is 6.42 Å². The molecule has 0 heterocycles. The molecule has 0 rings (SSSR count). The first-order chi connectivity index (χ1) is 7.43. The van der Waals surface area contributed by atoms with Gasteiger partial charge in [-0.3, -0.25) is 14.5 Å². The Kier molecular flexibility index (Phi) is 6.72. The first kappa shape index (κ1) is 14.9. The highest BCUT2D eigenvalue weighted by Gasteiger charge is 2.21. The average Bonchev–Trinajstić information content (AvgIpc) is 2.21. The SMILES string of the molecule is CCC(N(C)CCC(=O)O)N(CC)C(C)=O. The van der Waals surface area contributed by atoms with E-state index in [1.807, 2.05) is 25.8 Å². The highest BCUT2D eigenvalue weighted by Crippen LogP contribution is 2.09. The minimum Gasteiger partial charge on any atom is -0.481 e. The predicted molar refractivity (Wildman–Crippen MR) is 62.0 cm³/mol. The topological polar surface area (TPSA) is 60.9 Å². The summed E-state index contributed by atoms with van der Waals surface area (Å²) in [5.41, 5.74) is 0. The van der Waals surface area contributed by atoms with E-state index in [4.69, 9.17) is 5.11 Å². The van der Waals surface area contributed by atoms with E-state index in [1.54, 1.807) is 4.90 Å². The summed E-state index contributed by atoms with van der Waals surface area (Å²) in [7, 11) is 1.85. The standard InChI is InChI=1S/C11H22N2O3/c1-5-10(13(6-2)9(3)14)12(4)8-7-11(15)16/h10H,5-8H2,1-4H3,(H,15,16). The maximum Gasteiger partial charge on any atom is 0.304 e. The van der Waals surface area contributed by atoms with Crippen molar-refractivity contribution in [2.75, 3.05) is 20.1 Å². The minimum atomic E-state index is -0.812. The van der Waals surface area contributed by atoms with Gasteiger partial charge in [0.1, 0.15) is 0 Å². The molecule has 0 bridgehead atoms. The molecular formula is C11H22N2O3. The van der Waals surface area contributed by atoms with Crippen LogP contribution in [0.1, 0.15) is 33.6 Å². The molecule has 0 saturated carbocycles. The van der Waals surface area contributed by atoms with Crippen molar-refractivity contribution in [3.05, 3.63) is 0 Å². The van der Waals surface area contributed by atoms with Gasteiger partial charge in [0.2, 0.25) is 5.91 Å². The van der Waals surface area contributed by atoms with Crippen LogP contribution in [-0.4, -0.2) is 53.1 Å². The highest BCUT2D eigenvalue weighted by atomic mass is 16.4. The lowest BCUT2D eigenvalue weighted by molar-refractivity contribution is -0.138. The molecule has 1 unspecified atom stereocenters. The summed E-state index contributed by atoms with van der Waals surface area (Å²) in [6.45, 7) is 6.56. The van der Waals surface area contributed by atoms with Gasteiger partial charge < -0.3 is 10.0 Å². The second-order valence-corrected chi connectivity index (χ2v) is 3.82. The highest BCUT2D eigenvalue weighted by molar-refractivity contribution is 5.73. The van der Waals surface area contributed by atoms with Crippen LogP contribution < -0.4 is 0 Å². The number of hydrogen-bond acceptors (Lipinski definition) is 3. The first-order valence-electron chi connectivity index (χ1n) is 5.63. The molecule has 5 heteroatoms. The molecule has 0 radical (unpaired) electrons. The molecule has 0 aliphatic rings. The number of aliphatic carboxylic acids is 1. The molecule has 0 aromatic carbocycles. The molecule has 0 aliphatic carbocycles. The Balaban J connectivity index is 4.44. The van der Waals surface area contributed by atoms with E-state index in [1.165, 1.54) is 6.92 Å². The van der Waals surface area contributed by atoms with Crippen molar-refractivity contribution >= 4 is 11.9 Å². The van der Waals surface area contributed by atoms with Crippen LogP contribution in [0, 0.1) is 0 Å². The van der Waals surface area contributed by atoms with Crippen molar-refractivity contribution in [2.24, 2.45) is 0 Å².